The molecule has 7 nitrogen and oxygen atoms in total. The molecule has 0 spiro atoms. The molecule has 2 heterocycles. The lowest BCUT2D eigenvalue weighted by Gasteiger charge is -2.16. The quantitative estimate of drug-likeness (QED) is 0.197. The predicted octanol–water partition coefficient (Wildman–Crippen LogP) is 5.46. The standard InChI is InChI=1S/C30H37F3N6O/c1-18(34)5-4-6-21-13-23(15-25(14-21)30(31,32)33)27-16-24-17-39(29(40)38-28(24)37-27)26-9-7-22(8-10-26)20(3)36-12-11-19(2)35/h7-10,13-20,36H,4-6,11-12,34-35H2,1-3H3,(H,37,38,40)/t18-,19+,20-/m0/s1. The van der Waals surface area contributed by atoms with Gasteiger partial charge in [-0.3, -0.25) is 4.57 Å². The highest BCUT2D eigenvalue weighted by molar-refractivity contribution is 5.82. The van der Waals surface area contributed by atoms with E-state index >= 15 is 0 Å². The van der Waals surface area contributed by atoms with Crippen LogP contribution in [0.1, 0.15) is 62.8 Å². The number of hydrogen-bond donors (Lipinski definition) is 4. The number of nitrogens with zero attached hydrogens (tertiary/aromatic N) is 2. The molecule has 0 radical (unpaired) electrons. The highest BCUT2D eigenvalue weighted by Crippen LogP contribution is 2.34. The van der Waals surface area contributed by atoms with E-state index < -0.39 is 17.4 Å². The highest BCUT2D eigenvalue weighted by atomic mass is 19.4. The van der Waals surface area contributed by atoms with E-state index in [-0.39, 0.29) is 18.1 Å². The van der Waals surface area contributed by atoms with Crippen LogP contribution in [0.2, 0.25) is 0 Å². The van der Waals surface area contributed by atoms with Crippen LogP contribution in [0.25, 0.3) is 28.0 Å². The number of aromatic nitrogens is 3. The number of hydrogen-bond acceptors (Lipinski definition) is 5. The van der Waals surface area contributed by atoms with Crippen molar-refractivity contribution in [2.45, 2.75) is 70.8 Å². The predicted molar refractivity (Wildman–Crippen MR) is 153 cm³/mol. The van der Waals surface area contributed by atoms with Crippen LogP contribution in [-0.4, -0.2) is 33.2 Å². The molecule has 0 aliphatic heterocycles. The summed E-state index contributed by atoms with van der Waals surface area (Å²) < 4.78 is 42.5. The van der Waals surface area contributed by atoms with Crippen LogP contribution in [0, 0.1) is 0 Å². The number of benzene rings is 2. The van der Waals surface area contributed by atoms with Crippen LogP contribution in [-0.2, 0) is 12.6 Å². The Morgan fingerprint density at radius 1 is 1.00 bits per heavy atom. The summed E-state index contributed by atoms with van der Waals surface area (Å²) in [6, 6.07) is 13.6. The van der Waals surface area contributed by atoms with Gasteiger partial charge in [0.2, 0.25) is 0 Å². The van der Waals surface area contributed by atoms with Crippen LogP contribution >= 0.6 is 0 Å². The summed E-state index contributed by atoms with van der Waals surface area (Å²) >= 11 is 0. The number of nitrogens with one attached hydrogen (secondary N) is 2. The molecule has 3 atom stereocenters. The smallest absolute Gasteiger partial charge is 0.339 e. The van der Waals surface area contributed by atoms with E-state index in [2.05, 4.69) is 22.2 Å². The molecular weight excluding hydrogens is 517 g/mol. The van der Waals surface area contributed by atoms with Crippen molar-refractivity contribution in [3.8, 4) is 16.9 Å². The Morgan fingerprint density at radius 3 is 2.35 bits per heavy atom. The molecule has 0 bridgehead atoms. The maximum Gasteiger partial charge on any atom is 0.416 e. The Balaban J connectivity index is 1.62. The van der Waals surface area contributed by atoms with Crippen molar-refractivity contribution in [1.82, 2.24) is 19.9 Å². The van der Waals surface area contributed by atoms with Crippen molar-refractivity contribution in [3.63, 3.8) is 0 Å². The van der Waals surface area contributed by atoms with Crippen LogP contribution < -0.4 is 22.5 Å². The summed E-state index contributed by atoms with van der Waals surface area (Å²) in [5.41, 5.74) is 13.9. The van der Waals surface area contributed by atoms with E-state index in [1.54, 1.807) is 18.3 Å². The third kappa shape index (κ3) is 7.38. The molecular formula is C30H37F3N6O. The number of halogens is 3. The van der Waals surface area contributed by atoms with E-state index in [9.17, 15) is 18.0 Å². The van der Waals surface area contributed by atoms with Gasteiger partial charge in [0.1, 0.15) is 5.65 Å². The fourth-order valence-electron chi connectivity index (χ4n) is 4.69. The Morgan fingerprint density at radius 2 is 1.70 bits per heavy atom. The van der Waals surface area contributed by atoms with Gasteiger partial charge >= 0.3 is 11.9 Å². The van der Waals surface area contributed by atoms with Crippen molar-refractivity contribution in [2.75, 3.05) is 6.54 Å². The number of aryl methyl sites for hydroxylation is 1. The summed E-state index contributed by atoms with van der Waals surface area (Å²) in [7, 11) is 0. The monoisotopic (exact) mass is 554 g/mol. The number of fused-ring (bicyclic) bond motifs is 1. The lowest BCUT2D eigenvalue weighted by atomic mass is 9.99. The Kier molecular flexibility index (Phi) is 9.12. The van der Waals surface area contributed by atoms with Crippen LogP contribution in [0.4, 0.5) is 13.2 Å². The Labute approximate surface area is 231 Å². The number of H-pyrrole nitrogens is 1. The molecule has 214 valence electrons. The number of alkyl halides is 3. The Bertz CT molecular complexity index is 1490. The van der Waals surface area contributed by atoms with Crippen LogP contribution in [0.3, 0.4) is 0 Å². The van der Waals surface area contributed by atoms with Crippen LogP contribution in [0.15, 0.2) is 59.5 Å². The van der Waals surface area contributed by atoms with Crippen molar-refractivity contribution in [3.05, 3.63) is 81.9 Å². The van der Waals surface area contributed by atoms with Crippen molar-refractivity contribution < 1.29 is 13.2 Å². The number of rotatable bonds is 11. The second-order valence-electron chi connectivity index (χ2n) is 10.7. The topological polar surface area (TPSA) is 115 Å². The molecule has 10 heteroatoms. The van der Waals surface area contributed by atoms with Gasteiger partial charge in [0.05, 0.1) is 11.3 Å². The van der Waals surface area contributed by atoms with Crippen molar-refractivity contribution >= 4 is 11.0 Å². The minimum Gasteiger partial charge on any atom is -0.339 e. The number of nitrogens with two attached hydrogens (primary N) is 2. The molecule has 0 saturated carbocycles. The van der Waals surface area contributed by atoms with Gasteiger partial charge in [0, 0.05) is 35.4 Å². The van der Waals surface area contributed by atoms with E-state index in [1.165, 1.54) is 10.6 Å². The average molecular weight is 555 g/mol. The Hall–Kier alpha value is -3.47. The molecule has 2 aromatic carbocycles. The first kappa shape index (κ1) is 29.5. The molecule has 4 aromatic rings. The summed E-state index contributed by atoms with van der Waals surface area (Å²) in [6.45, 7) is 6.72. The third-order valence-corrected chi connectivity index (χ3v) is 6.99. The van der Waals surface area contributed by atoms with Crippen molar-refractivity contribution in [2.24, 2.45) is 11.5 Å². The van der Waals surface area contributed by atoms with Crippen LogP contribution in [0.5, 0.6) is 0 Å². The van der Waals surface area contributed by atoms with Gasteiger partial charge in [-0.1, -0.05) is 12.1 Å². The largest absolute Gasteiger partial charge is 0.416 e. The minimum absolute atomic E-state index is 0.0143. The lowest BCUT2D eigenvalue weighted by Crippen LogP contribution is -2.26. The van der Waals surface area contributed by atoms with Gasteiger partial charge in [-0.25, -0.2) is 4.79 Å². The van der Waals surface area contributed by atoms with E-state index in [1.807, 2.05) is 38.1 Å². The molecule has 0 saturated heterocycles. The third-order valence-electron chi connectivity index (χ3n) is 6.99. The molecule has 4 rings (SSSR count). The lowest BCUT2D eigenvalue weighted by molar-refractivity contribution is -0.137. The zero-order valence-electron chi connectivity index (χ0n) is 23.1. The highest BCUT2D eigenvalue weighted by Gasteiger charge is 2.31. The molecule has 0 aliphatic rings. The SMILES string of the molecule is C[C@H](N)CCCc1cc(-c2cc3cn(-c4ccc([C@H](C)NCC[C@@H](C)N)cc4)c(=O)nc3[nH]2)cc(C(F)(F)F)c1. The maximum absolute atomic E-state index is 13.7. The van der Waals surface area contributed by atoms with Gasteiger partial charge < -0.3 is 21.8 Å². The molecule has 0 unspecified atom stereocenters. The first-order chi connectivity index (χ1) is 18.9. The number of aromatic amines is 1. The first-order valence-electron chi connectivity index (χ1n) is 13.6. The zero-order chi connectivity index (χ0) is 29.0. The van der Waals surface area contributed by atoms with Crippen molar-refractivity contribution in [1.29, 1.82) is 0 Å². The molecule has 40 heavy (non-hydrogen) atoms. The fourth-order valence-corrected chi connectivity index (χ4v) is 4.69. The molecule has 0 aliphatic carbocycles. The maximum atomic E-state index is 13.7. The second-order valence-corrected chi connectivity index (χ2v) is 10.7. The van der Waals surface area contributed by atoms with E-state index in [0.29, 0.717) is 46.4 Å². The van der Waals surface area contributed by atoms with Gasteiger partial charge in [-0.2, -0.15) is 18.2 Å². The minimum atomic E-state index is -4.48. The van der Waals surface area contributed by atoms with Gasteiger partial charge in [0.25, 0.3) is 0 Å². The van der Waals surface area contributed by atoms with E-state index in [0.717, 1.165) is 31.0 Å². The van der Waals surface area contributed by atoms with E-state index in [4.69, 9.17) is 11.5 Å². The first-order valence-corrected chi connectivity index (χ1v) is 13.6. The molecule has 0 fully saturated rings. The normalized spacial score (nSPS) is 14.4. The molecule has 0 amide bonds. The molecule has 2 aromatic heterocycles. The summed E-state index contributed by atoms with van der Waals surface area (Å²) in [4.78, 5) is 20.1. The average Bonchev–Trinajstić information content (AvgIpc) is 3.30. The summed E-state index contributed by atoms with van der Waals surface area (Å²) in [5, 5.41) is 4.05. The second kappa shape index (κ2) is 12.4. The van der Waals surface area contributed by atoms with Gasteiger partial charge in [-0.15, -0.1) is 0 Å². The fraction of sp³-hybridized carbons (Fsp3) is 0.400. The molecule has 6 N–H and O–H groups in total. The van der Waals surface area contributed by atoms with Gasteiger partial charge in [-0.05, 0) is 106 Å². The summed E-state index contributed by atoms with van der Waals surface area (Å²) in [6.07, 6.45) is -0.0646. The summed E-state index contributed by atoms with van der Waals surface area (Å²) in [5.74, 6) is 0. The van der Waals surface area contributed by atoms with Gasteiger partial charge in [0.15, 0.2) is 0 Å². The zero-order valence-corrected chi connectivity index (χ0v) is 23.1.